The number of hydrogen-bond acceptors (Lipinski definition) is 5. The van der Waals surface area contributed by atoms with Crippen molar-refractivity contribution in [3.63, 3.8) is 0 Å². The van der Waals surface area contributed by atoms with Crippen LogP contribution in [0.25, 0.3) is 16.5 Å². The zero-order valence-corrected chi connectivity index (χ0v) is 9.32. The maximum Gasteiger partial charge on any atom is 0.340 e. The van der Waals surface area contributed by atoms with Gasteiger partial charge in [0, 0.05) is 22.9 Å². The summed E-state index contributed by atoms with van der Waals surface area (Å²) in [6.45, 7) is 0. The van der Waals surface area contributed by atoms with Gasteiger partial charge in [0.05, 0.1) is 14.2 Å². The molecular weight excluding hydrogens is 224 g/mol. The topological polar surface area (TPSA) is 97.2 Å². The number of nitrogens with zero attached hydrogens (tertiary/aromatic N) is 4. The van der Waals surface area contributed by atoms with Gasteiger partial charge < -0.3 is 9.47 Å². The van der Waals surface area contributed by atoms with E-state index in [0.717, 1.165) is 0 Å². The smallest absolute Gasteiger partial charge is 0.340 e. The molecule has 7 heteroatoms. The van der Waals surface area contributed by atoms with Crippen LogP contribution in [0.5, 0.6) is 5.75 Å². The summed E-state index contributed by atoms with van der Waals surface area (Å²) < 4.78 is 9.54. The number of esters is 1. The van der Waals surface area contributed by atoms with Gasteiger partial charge in [-0.3, -0.25) is 4.98 Å². The maximum atomic E-state index is 11.3. The Morgan fingerprint density at radius 1 is 1.59 bits per heavy atom. The monoisotopic (exact) mass is 234 g/mol. The Morgan fingerprint density at radius 2 is 2.35 bits per heavy atom. The van der Waals surface area contributed by atoms with Crippen LogP contribution in [0.4, 0.5) is 0 Å². The summed E-state index contributed by atoms with van der Waals surface area (Å²) in [5, 5.41) is 3.25. The molecule has 0 spiro atoms. The molecule has 17 heavy (non-hydrogen) atoms. The van der Waals surface area contributed by atoms with Gasteiger partial charge in [-0.1, -0.05) is 5.11 Å². The van der Waals surface area contributed by atoms with E-state index in [4.69, 9.17) is 10.3 Å². The van der Waals surface area contributed by atoms with E-state index in [-0.39, 0.29) is 5.70 Å². The molecule has 88 valence electrons. The van der Waals surface area contributed by atoms with Crippen molar-refractivity contribution in [2.24, 2.45) is 5.11 Å². The molecule has 0 saturated carbocycles. The average molecular weight is 234 g/mol. The summed E-state index contributed by atoms with van der Waals surface area (Å²) in [6.07, 6.45) is 4.37. The predicted molar refractivity (Wildman–Crippen MR) is 59.9 cm³/mol. The molecular formula is C10H10N4O3. The van der Waals surface area contributed by atoms with Gasteiger partial charge >= 0.3 is 5.97 Å². The number of hydrogen-bond donors (Lipinski definition) is 0. The first-order valence-corrected chi connectivity index (χ1v) is 4.56. The molecule has 7 nitrogen and oxygen atoms in total. The van der Waals surface area contributed by atoms with Gasteiger partial charge in [-0.25, -0.2) is 4.79 Å². The van der Waals surface area contributed by atoms with Crippen LogP contribution in [-0.4, -0.2) is 25.2 Å². The first-order chi connectivity index (χ1) is 8.22. The zero-order valence-electron chi connectivity index (χ0n) is 9.32. The van der Waals surface area contributed by atoms with Gasteiger partial charge in [-0.05, 0) is 17.7 Å². The van der Waals surface area contributed by atoms with Gasteiger partial charge in [0.15, 0.2) is 0 Å². The first kappa shape index (κ1) is 12.5. The summed E-state index contributed by atoms with van der Waals surface area (Å²) in [7, 11) is 2.68. The Morgan fingerprint density at radius 3 is 2.94 bits per heavy atom. The third-order valence-electron chi connectivity index (χ3n) is 1.87. The molecule has 0 radical (unpaired) electrons. The number of azide groups is 1. The Balaban J connectivity index is 3.21. The molecule has 0 amide bonds. The number of pyridine rings is 1. The molecule has 0 aliphatic carbocycles. The number of ether oxygens (including phenoxy) is 2. The van der Waals surface area contributed by atoms with Crippen LogP contribution in [0, 0.1) is 0 Å². The predicted octanol–water partition coefficient (Wildman–Crippen LogP) is 1.91. The summed E-state index contributed by atoms with van der Waals surface area (Å²) in [6, 6.07) is 1.62. The quantitative estimate of drug-likeness (QED) is 0.261. The molecule has 0 aliphatic rings. The minimum atomic E-state index is -0.728. The number of aromatic nitrogens is 1. The van der Waals surface area contributed by atoms with Gasteiger partial charge in [-0.15, -0.1) is 0 Å². The standard InChI is InChI=1S/C10H10N4O3/c1-16-9-3-4-12-6-7(9)5-8(13-14-11)10(15)17-2/h3-6H,1-2H3/b8-5-. The van der Waals surface area contributed by atoms with Crippen molar-refractivity contribution in [1.82, 2.24) is 4.98 Å². The fourth-order valence-electron chi connectivity index (χ4n) is 1.12. The largest absolute Gasteiger partial charge is 0.496 e. The third-order valence-corrected chi connectivity index (χ3v) is 1.87. The fraction of sp³-hybridized carbons (Fsp3) is 0.200. The van der Waals surface area contributed by atoms with Gasteiger partial charge in [0.25, 0.3) is 0 Å². The molecule has 0 saturated heterocycles. The molecule has 0 N–H and O–H groups in total. The Kier molecular flexibility index (Phi) is 4.53. The summed E-state index contributed by atoms with van der Waals surface area (Å²) >= 11 is 0. The summed E-state index contributed by atoms with van der Waals surface area (Å²) in [5.74, 6) is -0.219. The fourth-order valence-corrected chi connectivity index (χ4v) is 1.12. The van der Waals surface area contributed by atoms with Crippen molar-refractivity contribution < 1.29 is 14.3 Å². The van der Waals surface area contributed by atoms with Crippen molar-refractivity contribution in [3.8, 4) is 5.75 Å². The lowest BCUT2D eigenvalue weighted by Crippen LogP contribution is -2.02. The SMILES string of the molecule is COC(=O)/C(=C/c1cnccc1OC)N=[N+]=[N-]. The molecule has 1 aromatic heterocycles. The Hall–Kier alpha value is -2.53. The minimum Gasteiger partial charge on any atom is -0.496 e. The second-order valence-corrected chi connectivity index (χ2v) is 2.83. The molecule has 1 rings (SSSR count). The second-order valence-electron chi connectivity index (χ2n) is 2.83. The highest BCUT2D eigenvalue weighted by Crippen LogP contribution is 2.20. The molecule has 0 fully saturated rings. The van der Waals surface area contributed by atoms with E-state index >= 15 is 0 Å². The molecule has 1 heterocycles. The molecule has 0 atom stereocenters. The molecule has 0 aliphatic heterocycles. The van der Waals surface area contributed by atoms with Crippen LogP contribution in [0.1, 0.15) is 5.56 Å². The van der Waals surface area contributed by atoms with Crippen LogP contribution in [0.3, 0.4) is 0 Å². The van der Waals surface area contributed by atoms with Crippen molar-refractivity contribution in [2.45, 2.75) is 0 Å². The van der Waals surface area contributed by atoms with Crippen LogP contribution in [0.2, 0.25) is 0 Å². The minimum absolute atomic E-state index is 0.165. The number of carbonyl (C=O) groups is 1. The van der Waals surface area contributed by atoms with E-state index in [0.29, 0.717) is 11.3 Å². The number of rotatable bonds is 4. The molecule has 1 aromatic rings. The van der Waals surface area contributed by atoms with Gasteiger partial charge in [0.2, 0.25) is 0 Å². The normalized spacial score (nSPS) is 10.4. The molecule has 0 unspecified atom stereocenters. The van der Waals surface area contributed by atoms with E-state index in [1.165, 1.54) is 26.5 Å². The highest BCUT2D eigenvalue weighted by molar-refractivity contribution is 5.93. The molecule has 0 bridgehead atoms. The van der Waals surface area contributed by atoms with Crippen LogP contribution in [-0.2, 0) is 9.53 Å². The van der Waals surface area contributed by atoms with E-state index in [9.17, 15) is 4.79 Å². The van der Waals surface area contributed by atoms with E-state index in [1.54, 1.807) is 12.3 Å². The van der Waals surface area contributed by atoms with Crippen molar-refractivity contribution in [3.05, 3.63) is 40.2 Å². The van der Waals surface area contributed by atoms with Gasteiger partial charge in [-0.2, -0.15) is 0 Å². The Labute approximate surface area is 97.3 Å². The van der Waals surface area contributed by atoms with Crippen molar-refractivity contribution in [2.75, 3.05) is 14.2 Å². The highest BCUT2D eigenvalue weighted by atomic mass is 16.5. The van der Waals surface area contributed by atoms with E-state index in [1.807, 2.05) is 0 Å². The molecule has 0 aromatic carbocycles. The number of carbonyl (C=O) groups excluding carboxylic acids is 1. The summed E-state index contributed by atoms with van der Waals surface area (Å²) in [5.41, 5.74) is 8.70. The van der Waals surface area contributed by atoms with Crippen LogP contribution < -0.4 is 4.74 Å². The van der Waals surface area contributed by atoms with Crippen molar-refractivity contribution in [1.29, 1.82) is 0 Å². The van der Waals surface area contributed by atoms with E-state index < -0.39 is 5.97 Å². The van der Waals surface area contributed by atoms with Crippen molar-refractivity contribution >= 4 is 12.0 Å². The lowest BCUT2D eigenvalue weighted by atomic mass is 10.2. The van der Waals surface area contributed by atoms with Crippen LogP contribution in [0.15, 0.2) is 29.3 Å². The highest BCUT2D eigenvalue weighted by Gasteiger charge is 2.09. The lowest BCUT2D eigenvalue weighted by Gasteiger charge is -2.04. The Bertz CT molecular complexity index is 492. The summed E-state index contributed by atoms with van der Waals surface area (Å²) in [4.78, 5) is 17.7. The number of methoxy groups -OCH3 is 2. The van der Waals surface area contributed by atoms with Crippen LogP contribution >= 0.6 is 0 Å². The average Bonchev–Trinajstić information content (AvgIpc) is 2.38. The van der Waals surface area contributed by atoms with Gasteiger partial charge in [0.1, 0.15) is 11.4 Å². The second kappa shape index (κ2) is 6.14. The van der Waals surface area contributed by atoms with E-state index in [2.05, 4.69) is 19.7 Å². The maximum absolute atomic E-state index is 11.3. The lowest BCUT2D eigenvalue weighted by molar-refractivity contribution is -0.136. The third kappa shape index (κ3) is 3.22. The first-order valence-electron chi connectivity index (χ1n) is 4.56. The zero-order chi connectivity index (χ0) is 12.7.